The standard InChI is InChI=1S/C14H28N2/c1-11-5-4-8-16(10-11)13(3)12(2)9-15-14-6-7-14/h11-15H,4-10H2,1-3H3. The third kappa shape index (κ3) is 3.46. The second-order valence-corrected chi connectivity index (χ2v) is 6.14. The molecule has 0 aromatic carbocycles. The summed E-state index contributed by atoms with van der Waals surface area (Å²) in [4.78, 5) is 2.70. The van der Waals surface area contributed by atoms with Gasteiger partial charge in [0.25, 0.3) is 0 Å². The summed E-state index contributed by atoms with van der Waals surface area (Å²) in [5.41, 5.74) is 0. The third-order valence-corrected chi connectivity index (χ3v) is 4.39. The molecule has 1 N–H and O–H groups in total. The Hall–Kier alpha value is -0.0800. The smallest absolute Gasteiger partial charge is 0.0105 e. The van der Waals surface area contributed by atoms with Crippen LogP contribution in [-0.2, 0) is 0 Å². The highest BCUT2D eigenvalue weighted by Crippen LogP contribution is 2.22. The second-order valence-electron chi connectivity index (χ2n) is 6.14. The first-order valence-electron chi connectivity index (χ1n) is 7.14. The molecule has 16 heavy (non-hydrogen) atoms. The molecule has 0 aromatic heterocycles. The van der Waals surface area contributed by atoms with Crippen molar-refractivity contribution in [3.8, 4) is 0 Å². The van der Waals surface area contributed by atoms with Crippen molar-refractivity contribution in [3.05, 3.63) is 0 Å². The van der Waals surface area contributed by atoms with Crippen LogP contribution in [0.25, 0.3) is 0 Å². The van der Waals surface area contributed by atoms with Gasteiger partial charge in [0.15, 0.2) is 0 Å². The summed E-state index contributed by atoms with van der Waals surface area (Å²) in [6.07, 6.45) is 5.63. The van der Waals surface area contributed by atoms with E-state index in [1.165, 1.54) is 45.3 Å². The molecule has 3 atom stereocenters. The fourth-order valence-corrected chi connectivity index (χ4v) is 2.77. The molecule has 0 amide bonds. The van der Waals surface area contributed by atoms with E-state index in [0.717, 1.165) is 23.9 Å². The van der Waals surface area contributed by atoms with Gasteiger partial charge in [-0.3, -0.25) is 0 Å². The van der Waals surface area contributed by atoms with Crippen molar-refractivity contribution in [2.75, 3.05) is 19.6 Å². The second kappa shape index (κ2) is 5.50. The Morgan fingerprint density at radius 1 is 1.25 bits per heavy atom. The predicted molar refractivity (Wildman–Crippen MR) is 69.6 cm³/mol. The zero-order valence-electron chi connectivity index (χ0n) is 11.2. The average molecular weight is 224 g/mol. The van der Waals surface area contributed by atoms with Crippen LogP contribution in [0.15, 0.2) is 0 Å². The van der Waals surface area contributed by atoms with Crippen LogP contribution < -0.4 is 5.32 Å². The SMILES string of the molecule is CC1CCCN(C(C)C(C)CNC2CC2)C1. The monoisotopic (exact) mass is 224 g/mol. The summed E-state index contributed by atoms with van der Waals surface area (Å²) in [5.74, 6) is 1.69. The quantitative estimate of drug-likeness (QED) is 0.772. The fourth-order valence-electron chi connectivity index (χ4n) is 2.77. The summed E-state index contributed by atoms with van der Waals surface area (Å²) in [6.45, 7) is 11.0. The van der Waals surface area contributed by atoms with Gasteiger partial charge in [-0.25, -0.2) is 0 Å². The van der Waals surface area contributed by atoms with E-state index in [0.29, 0.717) is 0 Å². The molecule has 2 rings (SSSR count). The van der Waals surface area contributed by atoms with E-state index in [9.17, 15) is 0 Å². The van der Waals surface area contributed by atoms with E-state index >= 15 is 0 Å². The molecule has 1 aliphatic carbocycles. The molecule has 1 aliphatic heterocycles. The number of hydrogen-bond acceptors (Lipinski definition) is 2. The van der Waals surface area contributed by atoms with Gasteiger partial charge >= 0.3 is 0 Å². The molecule has 0 radical (unpaired) electrons. The van der Waals surface area contributed by atoms with Gasteiger partial charge in [0.1, 0.15) is 0 Å². The number of hydrogen-bond donors (Lipinski definition) is 1. The fraction of sp³-hybridized carbons (Fsp3) is 1.00. The van der Waals surface area contributed by atoms with Crippen molar-refractivity contribution in [2.45, 2.75) is 58.5 Å². The predicted octanol–water partition coefficient (Wildman–Crippen LogP) is 2.49. The molecule has 2 aliphatic rings. The molecule has 0 bridgehead atoms. The van der Waals surface area contributed by atoms with Crippen LogP contribution >= 0.6 is 0 Å². The Bertz CT molecular complexity index is 213. The normalized spacial score (nSPS) is 31.3. The van der Waals surface area contributed by atoms with E-state index in [1.807, 2.05) is 0 Å². The van der Waals surface area contributed by atoms with Crippen LogP contribution in [0.3, 0.4) is 0 Å². The molecule has 0 spiro atoms. The zero-order valence-corrected chi connectivity index (χ0v) is 11.2. The van der Waals surface area contributed by atoms with E-state index in [4.69, 9.17) is 0 Å². The first kappa shape index (κ1) is 12.4. The lowest BCUT2D eigenvalue weighted by atomic mass is 9.95. The van der Waals surface area contributed by atoms with Gasteiger partial charge in [0, 0.05) is 18.6 Å². The number of rotatable bonds is 5. The van der Waals surface area contributed by atoms with Gasteiger partial charge in [-0.2, -0.15) is 0 Å². The topological polar surface area (TPSA) is 15.3 Å². The van der Waals surface area contributed by atoms with Gasteiger partial charge in [0.05, 0.1) is 0 Å². The van der Waals surface area contributed by atoms with Crippen molar-refractivity contribution in [1.29, 1.82) is 0 Å². The minimum atomic E-state index is 0.744. The van der Waals surface area contributed by atoms with Crippen LogP contribution in [0.5, 0.6) is 0 Å². The molecular formula is C14H28N2. The maximum Gasteiger partial charge on any atom is 0.0105 e. The lowest BCUT2D eigenvalue weighted by molar-refractivity contribution is 0.106. The number of likely N-dealkylation sites (tertiary alicyclic amines) is 1. The Labute approximate surface area is 101 Å². The van der Waals surface area contributed by atoms with E-state index in [1.54, 1.807) is 0 Å². The molecule has 3 unspecified atom stereocenters. The van der Waals surface area contributed by atoms with Crippen molar-refractivity contribution in [3.63, 3.8) is 0 Å². The van der Waals surface area contributed by atoms with Crippen LogP contribution in [0, 0.1) is 11.8 Å². The van der Waals surface area contributed by atoms with Crippen molar-refractivity contribution >= 4 is 0 Å². The minimum absolute atomic E-state index is 0.744. The molecule has 94 valence electrons. The number of piperidine rings is 1. The summed E-state index contributed by atoms with van der Waals surface area (Å²) < 4.78 is 0. The van der Waals surface area contributed by atoms with Gasteiger partial charge in [-0.05, 0) is 57.5 Å². The van der Waals surface area contributed by atoms with Crippen LogP contribution in [0.4, 0.5) is 0 Å². The maximum atomic E-state index is 3.66. The lowest BCUT2D eigenvalue weighted by Crippen LogP contribution is -2.46. The Morgan fingerprint density at radius 2 is 2.00 bits per heavy atom. The summed E-state index contributed by atoms with van der Waals surface area (Å²) in [5, 5.41) is 3.66. The first-order valence-corrected chi connectivity index (χ1v) is 7.14. The van der Waals surface area contributed by atoms with Gasteiger partial charge in [-0.15, -0.1) is 0 Å². The molecule has 2 nitrogen and oxygen atoms in total. The van der Waals surface area contributed by atoms with Crippen molar-refractivity contribution in [2.24, 2.45) is 11.8 Å². The maximum absolute atomic E-state index is 3.66. The lowest BCUT2D eigenvalue weighted by Gasteiger charge is -2.38. The Kier molecular flexibility index (Phi) is 4.26. The molecule has 2 heteroatoms. The van der Waals surface area contributed by atoms with E-state index < -0.39 is 0 Å². The molecule has 1 saturated heterocycles. The van der Waals surface area contributed by atoms with Gasteiger partial charge in [-0.1, -0.05) is 13.8 Å². The molecule has 2 fully saturated rings. The van der Waals surface area contributed by atoms with Crippen LogP contribution in [-0.4, -0.2) is 36.6 Å². The van der Waals surface area contributed by atoms with Gasteiger partial charge < -0.3 is 10.2 Å². The summed E-state index contributed by atoms with van der Waals surface area (Å²) >= 11 is 0. The van der Waals surface area contributed by atoms with E-state index in [2.05, 4.69) is 31.0 Å². The zero-order chi connectivity index (χ0) is 11.5. The van der Waals surface area contributed by atoms with Gasteiger partial charge in [0.2, 0.25) is 0 Å². The highest BCUT2D eigenvalue weighted by Gasteiger charge is 2.26. The van der Waals surface area contributed by atoms with Crippen molar-refractivity contribution < 1.29 is 0 Å². The van der Waals surface area contributed by atoms with Crippen LogP contribution in [0.2, 0.25) is 0 Å². The van der Waals surface area contributed by atoms with E-state index in [-0.39, 0.29) is 0 Å². The largest absolute Gasteiger partial charge is 0.314 e. The first-order chi connectivity index (χ1) is 7.66. The molecule has 1 saturated carbocycles. The van der Waals surface area contributed by atoms with Crippen molar-refractivity contribution in [1.82, 2.24) is 10.2 Å². The molecular weight excluding hydrogens is 196 g/mol. The highest BCUT2D eigenvalue weighted by atomic mass is 15.2. The summed E-state index contributed by atoms with van der Waals surface area (Å²) in [6, 6.07) is 1.60. The Morgan fingerprint density at radius 3 is 2.62 bits per heavy atom. The van der Waals surface area contributed by atoms with Crippen LogP contribution in [0.1, 0.15) is 46.5 Å². The third-order valence-electron chi connectivity index (χ3n) is 4.39. The number of nitrogens with one attached hydrogen (secondary N) is 1. The summed E-state index contributed by atoms with van der Waals surface area (Å²) in [7, 11) is 0. The average Bonchev–Trinajstić information content (AvgIpc) is 3.08. The Balaban J connectivity index is 1.72. The molecule has 1 heterocycles. The number of nitrogens with zero attached hydrogens (tertiary/aromatic N) is 1. The molecule has 0 aromatic rings. The highest BCUT2D eigenvalue weighted by molar-refractivity contribution is 4.84. The minimum Gasteiger partial charge on any atom is -0.314 e.